The molecule has 0 unspecified atom stereocenters. The molecule has 37 heavy (non-hydrogen) atoms. The zero-order valence-electron chi connectivity index (χ0n) is 20.8. The fourth-order valence-electron chi connectivity index (χ4n) is 5.78. The van der Waals surface area contributed by atoms with Crippen LogP contribution in [0.25, 0.3) is 22.7 Å². The predicted octanol–water partition coefficient (Wildman–Crippen LogP) is 4.35. The van der Waals surface area contributed by atoms with E-state index in [-0.39, 0.29) is 17.0 Å². The van der Waals surface area contributed by atoms with E-state index in [4.69, 9.17) is 10.5 Å². The first kappa shape index (κ1) is 23.9. The van der Waals surface area contributed by atoms with Crippen molar-refractivity contribution in [3.63, 3.8) is 0 Å². The number of likely N-dealkylation sites (tertiary alicyclic amines) is 1. The van der Waals surface area contributed by atoms with E-state index in [9.17, 15) is 9.59 Å². The summed E-state index contributed by atoms with van der Waals surface area (Å²) >= 11 is 0. The Morgan fingerprint density at radius 3 is 2.84 bits per heavy atom. The van der Waals surface area contributed by atoms with Crippen LogP contribution >= 0.6 is 0 Å². The molecule has 2 aromatic carbocycles. The third-order valence-corrected chi connectivity index (χ3v) is 7.67. The first-order valence-corrected chi connectivity index (χ1v) is 13.1. The van der Waals surface area contributed by atoms with Gasteiger partial charge in [0.2, 0.25) is 5.43 Å². The Labute approximate surface area is 214 Å². The normalized spacial score (nSPS) is 20.2. The number of benzene rings is 2. The van der Waals surface area contributed by atoms with Crippen LogP contribution in [0.5, 0.6) is 11.5 Å². The fraction of sp³-hybridized carbons (Fsp3) is 0.379. The summed E-state index contributed by atoms with van der Waals surface area (Å²) in [7, 11) is 0. The number of ether oxygens (including phenoxy) is 1. The van der Waals surface area contributed by atoms with Gasteiger partial charge in [0.15, 0.2) is 11.5 Å². The molecule has 3 heterocycles. The lowest BCUT2D eigenvalue weighted by Crippen LogP contribution is -2.36. The second-order valence-electron chi connectivity index (χ2n) is 10.3. The van der Waals surface area contributed by atoms with Crippen molar-refractivity contribution in [2.45, 2.75) is 44.6 Å². The molecule has 0 radical (unpaired) electrons. The molecule has 0 spiro atoms. The van der Waals surface area contributed by atoms with Gasteiger partial charge < -0.3 is 25.3 Å². The predicted molar refractivity (Wildman–Crippen MR) is 142 cm³/mol. The topological polar surface area (TPSA) is 89.6 Å². The molecule has 1 amide bonds. The first-order valence-electron chi connectivity index (χ1n) is 13.1. The molecule has 1 aliphatic carbocycles. The molecule has 6 rings (SSSR count). The smallest absolute Gasteiger partial charge is 0.256 e. The Kier molecular flexibility index (Phi) is 6.30. The molecule has 1 aromatic heterocycles. The van der Waals surface area contributed by atoms with Gasteiger partial charge in [0, 0.05) is 25.3 Å². The average Bonchev–Trinajstić information content (AvgIpc) is 3.41. The van der Waals surface area contributed by atoms with E-state index in [2.05, 4.69) is 10.2 Å². The van der Waals surface area contributed by atoms with Crippen LogP contribution in [0, 0.1) is 5.82 Å². The van der Waals surface area contributed by atoms with E-state index < -0.39 is 17.2 Å². The highest BCUT2D eigenvalue weighted by Gasteiger charge is 2.28. The number of pyridine rings is 1. The number of rotatable bonds is 5. The number of fused-ring (bicyclic) bond motifs is 2. The summed E-state index contributed by atoms with van der Waals surface area (Å²) in [5, 5.41) is 3.01. The second-order valence-corrected chi connectivity index (χ2v) is 10.3. The van der Waals surface area contributed by atoms with Gasteiger partial charge in [-0.15, -0.1) is 0 Å². The number of carbonyl (C=O) groups is 1. The molecule has 8 heteroatoms. The summed E-state index contributed by atoms with van der Waals surface area (Å²) in [6.07, 6.45) is 9.20. The van der Waals surface area contributed by atoms with Gasteiger partial charge in [-0.1, -0.05) is 17.7 Å². The minimum Gasteiger partial charge on any atom is -0.452 e. The number of carbonyl (C=O) groups excluding carboxylic acids is 1. The Bertz CT molecular complexity index is 1470. The van der Waals surface area contributed by atoms with Crippen molar-refractivity contribution in [3.05, 3.63) is 69.3 Å². The molecule has 1 saturated heterocycles. The summed E-state index contributed by atoms with van der Waals surface area (Å²) in [5.41, 5.74) is 8.17. The van der Waals surface area contributed by atoms with Gasteiger partial charge in [0.25, 0.3) is 5.91 Å². The van der Waals surface area contributed by atoms with Crippen LogP contribution < -0.4 is 21.2 Å². The first-order chi connectivity index (χ1) is 18.0. The van der Waals surface area contributed by atoms with Crippen molar-refractivity contribution >= 4 is 22.9 Å². The summed E-state index contributed by atoms with van der Waals surface area (Å²) < 4.78 is 23.6. The van der Waals surface area contributed by atoms with E-state index in [1.165, 1.54) is 18.9 Å². The number of amides is 1. The molecule has 3 aliphatic rings. The monoisotopic (exact) mass is 502 g/mol. The molecule has 0 bridgehead atoms. The van der Waals surface area contributed by atoms with Gasteiger partial charge in [0.05, 0.1) is 16.6 Å². The van der Waals surface area contributed by atoms with E-state index in [0.717, 1.165) is 44.5 Å². The maximum atomic E-state index is 15.6. The van der Waals surface area contributed by atoms with Gasteiger partial charge >= 0.3 is 0 Å². The number of nitrogens with zero attached hydrogens (tertiary/aromatic N) is 2. The fourth-order valence-corrected chi connectivity index (χ4v) is 5.78. The highest BCUT2D eigenvalue weighted by Crippen LogP contribution is 2.43. The van der Waals surface area contributed by atoms with Gasteiger partial charge in [-0.25, -0.2) is 4.39 Å². The summed E-state index contributed by atoms with van der Waals surface area (Å²) in [6, 6.07) is 8.67. The van der Waals surface area contributed by atoms with Crippen LogP contribution in [0.15, 0.2) is 46.9 Å². The molecule has 7 nitrogen and oxygen atoms in total. The van der Waals surface area contributed by atoms with Crippen molar-refractivity contribution in [1.29, 1.82) is 0 Å². The van der Waals surface area contributed by atoms with Gasteiger partial charge in [-0.2, -0.15) is 0 Å². The lowest BCUT2D eigenvalue weighted by molar-refractivity contribution is 0.0948. The number of para-hydroxylation sites is 2. The van der Waals surface area contributed by atoms with Gasteiger partial charge in [-0.05, 0) is 75.9 Å². The molecule has 2 fully saturated rings. The Hall–Kier alpha value is -3.49. The van der Waals surface area contributed by atoms with Crippen LogP contribution in [0.4, 0.5) is 4.39 Å². The maximum Gasteiger partial charge on any atom is 0.256 e. The van der Waals surface area contributed by atoms with Crippen molar-refractivity contribution in [2.24, 2.45) is 5.73 Å². The van der Waals surface area contributed by atoms with E-state index in [1.54, 1.807) is 16.8 Å². The molecule has 192 valence electrons. The van der Waals surface area contributed by atoms with E-state index in [0.29, 0.717) is 41.2 Å². The molecule has 2 aliphatic heterocycles. The molecular formula is C29H31FN4O3. The minimum absolute atomic E-state index is 0.0136. The number of aromatic nitrogens is 1. The summed E-state index contributed by atoms with van der Waals surface area (Å²) in [5.74, 6) is -0.184. The van der Waals surface area contributed by atoms with E-state index in [1.807, 2.05) is 24.3 Å². The number of hydrogen-bond donors (Lipinski definition) is 2. The highest BCUT2D eigenvalue weighted by molar-refractivity contribution is 6.00. The van der Waals surface area contributed by atoms with Crippen LogP contribution in [0.2, 0.25) is 0 Å². The Morgan fingerprint density at radius 2 is 2.03 bits per heavy atom. The third kappa shape index (κ3) is 4.45. The lowest BCUT2D eigenvalue weighted by Gasteiger charge is -2.26. The molecule has 3 N–H and O–H groups in total. The van der Waals surface area contributed by atoms with Crippen molar-refractivity contribution in [1.82, 2.24) is 14.8 Å². The molecule has 1 atom stereocenters. The van der Waals surface area contributed by atoms with Gasteiger partial charge in [0.1, 0.15) is 16.9 Å². The lowest BCUT2D eigenvalue weighted by atomic mass is 9.89. The number of halogens is 1. The summed E-state index contributed by atoms with van der Waals surface area (Å²) in [6.45, 7) is 3.25. The Morgan fingerprint density at radius 1 is 1.22 bits per heavy atom. The minimum atomic E-state index is -0.552. The quantitative estimate of drug-likeness (QED) is 0.424. The number of nitrogens with one attached hydrogen (secondary N) is 1. The van der Waals surface area contributed by atoms with Crippen LogP contribution in [0.1, 0.15) is 54.4 Å². The Balaban J connectivity index is 1.46. The van der Waals surface area contributed by atoms with Gasteiger partial charge in [-0.3, -0.25) is 9.59 Å². The van der Waals surface area contributed by atoms with Crippen molar-refractivity contribution in [3.8, 4) is 17.2 Å². The molecule has 3 aromatic rings. The number of hydrogen-bond acceptors (Lipinski definition) is 5. The third-order valence-electron chi connectivity index (χ3n) is 7.67. The largest absolute Gasteiger partial charge is 0.452 e. The standard InChI is InChI=1S/C29H31FN4O3/c30-23-16-21-26-28(20(23)15-18-6-5-7-19(31)14-18)37-25-9-2-1-8-24(25)34(26)17-22(27(21)35)29(36)32-10-13-33-11-3-4-12-33/h1-2,8-9,15-17,19H,3-7,10-14,31H2,(H,32,36)/t19-/m0/s1. The van der Waals surface area contributed by atoms with Crippen molar-refractivity contribution < 1.29 is 13.9 Å². The molecule has 1 saturated carbocycles. The highest BCUT2D eigenvalue weighted by atomic mass is 19.1. The van der Waals surface area contributed by atoms with E-state index >= 15 is 4.39 Å². The summed E-state index contributed by atoms with van der Waals surface area (Å²) in [4.78, 5) is 28.9. The van der Waals surface area contributed by atoms with Crippen LogP contribution in [0.3, 0.4) is 0 Å². The van der Waals surface area contributed by atoms with Crippen molar-refractivity contribution in [2.75, 3.05) is 26.2 Å². The molecular weight excluding hydrogens is 471 g/mol. The van der Waals surface area contributed by atoms with Crippen LogP contribution in [-0.2, 0) is 0 Å². The average molecular weight is 503 g/mol. The second kappa shape index (κ2) is 9.76. The zero-order chi connectivity index (χ0) is 25.5. The maximum absolute atomic E-state index is 15.6. The van der Waals surface area contributed by atoms with Crippen LogP contribution in [-0.4, -0.2) is 47.6 Å². The number of nitrogens with two attached hydrogens (primary N) is 1. The zero-order valence-corrected chi connectivity index (χ0v) is 20.8. The SMILES string of the molecule is N[C@H]1CCCC(=Cc2c(F)cc3c(=O)c(C(=O)NCCN4CCCC4)cn4c3c2Oc2ccccc2-4)C1.